The van der Waals surface area contributed by atoms with Gasteiger partial charge in [0.25, 0.3) is 0 Å². The molecule has 0 aromatic rings. The number of rotatable bonds is 9. The Kier molecular flexibility index (Phi) is 7.91. The van der Waals surface area contributed by atoms with E-state index in [9.17, 15) is 8.42 Å². The SMILES string of the molecule is CCOCCS(=O)(=O)NC(CCO)C(C)C. The zero-order valence-electron chi connectivity index (χ0n) is 10.3. The topological polar surface area (TPSA) is 75.6 Å². The maximum atomic E-state index is 11.6. The Morgan fingerprint density at radius 3 is 2.44 bits per heavy atom. The van der Waals surface area contributed by atoms with Crippen molar-refractivity contribution < 1.29 is 18.3 Å². The molecule has 0 radical (unpaired) electrons. The number of ether oxygens (including phenoxy) is 1. The molecule has 1 unspecified atom stereocenters. The van der Waals surface area contributed by atoms with Gasteiger partial charge in [-0.15, -0.1) is 0 Å². The molecule has 0 spiro atoms. The van der Waals surface area contributed by atoms with Crippen LogP contribution in [0.3, 0.4) is 0 Å². The molecule has 0 aromatic carbocycles. The fourth-order valence-electron chi connectivity index (χ4n) is 1.27. The Morgan fingerprint density at radius 2 is 2.00 bits per heavy atom. The highest BCUT2D eigenvalue weighted by atomic mass is 32.2. The van der Waals surface area contributed by atoms with E-state index in [4.69, 9.17) is 9.84 Å². The van der Waals surface area contributed by atoms with E-state index in [0.29, 0.717) is 13.0 Å². The molecule has 98 valence electrons. The zero-order valence-corrected chi connectivity index (χ0v) is 11.1. The van der Waals surface area contributed by atoms with E-state index in [1.54, 1.807) is 0 Å². The highest BCUT2D eigenvalue weighted by molar-refractivity contribution is 7.89. The second-order valence-corrected chi connectivity index (χ2v) is 5.87. The molecule has 16 heavy (non-hydrogen) atoms. The molecular weight excluding hydrogens is 230 g/mol. The van der Waals surface area contributed by atoms with Gasteiger partial charge in [-0.25, -0.2) is 13.1 Å². The Labute approximate surface area is 98.2 Å². The van der Waals surface area contributed by atoms with Crippen LogP contribution in [0, 0.1) is 5.92 Å². The summed E-state index contributed by atoms with van der Waals surface area (Å²) in [6.45, 7) is 6.37. The van der Waals surface area contributed by atoms with Crippen molar-refractivity contribution in [3.05, 3.63) is 0 Å². The summed E-state index contributed by atoms with van der Waals surface area (Å²) < 4.78 is 30.8. The highest BCUT2D eigenvalue weighted by Gasteiger charge is 2.19. The first kappa shape index (κ1) is 15.8. The quantitative estimate of drug-likeness (QED) is 0.581. The van der Waals surface area contributed by atoms with E-state index in [1.165, 1.54) is 0 Å². The summed E-state index contributed by atoms with van der Waals surface area (Å²) in [5, 5.41) is 8.84. The largest absolute Gasteiger partial charge is 0.396 e. The Morgan fingerprint density at radius 1 is 1.38 bits per heavy atom. The maximum Gasteiger partial charge on any atom is 0.214 e. The van der Waals surface area contributed by atoms with Crippen LogP contribution >= 0.6 is 0 Å². The first-order valence-corrected chi connectivity index (χ1v) is 7.26. The van der Waals surface area contributed by atoms with Crippen LogP contribution in [0.2, 0.25) is 0 Å². The summed E-state index contributed by atoms with van der Waals surface area (Å²) in [5.74, 6) is 0.129. The van der Waals surface area contributed by atoms with Crippen LogP contribution < -0.4 is 4.72 Å². The van der Waals surface area contributed by atoms with Gasteiger partial charge >= 0.3 is 0 Å². The first-order chi connectivity index (χ1) is 7.43. The summed E-state index contributed by atoms with van der Waals surface area (Å²) in [5.41, 5.74) is 0. The third-order valence-electron chi connectivity index (χ3n) is 2.28. The van der Waals surface area contributed by atoms with Gasteiger partial charge in [0.05, 0.1) is 12.4 Å². The molecule has 0 aliphatic rings. The van der Waals surface area contributed by atoms with Crippen molar-refractivity contribution in [3.8, 4) is 0 Å². The number of aliphatic hydroxyl groups is 1. The average molecular weight is 253 g/mol. The predicted molar refractivity (Wildman–Crippen MR) is 63.7 cm³/mol. The fourth-order valence-corrected chi connectivity index (χ4v) is 2.58. The van der Waals surface area contributed by atoms with Gasteiger partial charge in [-0.05, 0) is 19.3 Å². The zero-order chi connectivity index (χ0) is 12.6. The molecule has 0 fully saturated rings. The van der Waals surface area contributed by atoms with Crippen LogP contribution in [-0.2, 0) is 14.8 Å². The molecule has 0 rings (SSSR count). The monoisotopic (exact) mass is 253 g/mol. The lowest BCUT2D eigenvalue weighted by Gasteiger charge is -2.21. The van der Waals surface area contributed by atoms with Gasteiger partial charge in [-0.1, -0.05) is 13.8 Å². The second-order valence-electron chi connectivity index (χ2n) is 4.00. The van der Waals surface area contributed by atoms with Crippen LogP contribution in [0.5, 0.6) is 0 Å². The standard InChI is InChI=1S/C10H23NO4S/c1-4-15-7-8-16(13,14)11-10(5-6-12)9(2)3/h9-12H,4-8H2,1-3H3. The van der Waals surface area contributed by atoms with E-state index in [-0.39, 0.29) is 30.9 Å². The summed E-state index contributed by atoms with van der Waals surface area (Å²) in [4.78, 5) is 0. The molecular formula is C10H23NO4S. The normalized spacial score (nSPS) is 14.3. The van der Waals surface area contributed by atoms with Crippen LogP contribution in [0.15, 0.2) is 0 Å². The molecule has 2 N–H and O–H groups in total. The third-order valence-corrected chi connectivity index (χ3v) is 3.64. The summed E-state index contributed by atoms with van der Waals surface area (Å²) in [6.07, 6.45) is 0.436. The van der Waals surface area contributed by atoms with E-state index < -0.39 is 10.0 Å². The molecule has 1 atom stereocenters. The highest BCUT2D eigenvalue weighted by Crippen LogP contribution is 2.07. The van der Waals surface area contributed by atoms with Crippen LogP contribution in [-0.4, -0.2) is 45.1 Å². The van der Waals surface area contributed by atoms with Gasteiger partial charge < -0.3 is 9.84 Å². The van der Waals surface area contributed by atoms with Crippen molar-refractivity contribution in [2.24, 2.45) is 5.92 Å². The molecule has 0 bridgehead atoms. The number of nitrogens with one attached hydrogen (secondary N) is 1. The van der Waals surface area contributed by atoms with Crippen LogP contribution in [0.4, 0.5) is 0 Å². The van der Waals surface area contributed by atoms with E-state index in [1.807, 2.05) is 20.8 Å². The van der Waals surface area contributed by atoms with E-state index in [0.717, 1.165) is 0 Å². The van der Waals surface area contributed by atoms with Gasteiger partial charge in [-0.3, -0.25) is 0 Å². The fraction of sp³-hybridized carbons (Fsp3) is 1.00. The molecule has 0 aliphatic heterocycles. The van der Waals surface area contributed by atoms with Crippen molar-refractivity contribution in [3.63, 3.8) is 0 Å². The molecule has 0 aliphatic carbocycles. The van der Waals surface area contributed by atoms with E-state index >= 15 is 0 Å². The van der Waals surface area contributed by atoms with Gasteiger partial charge in [0.1, 0.15) is 0 Å². The predicted octanol–water partition coefficient (Wildman–Crippen LogP) is 0.349. The van der Waals surface area contributed by atoms with Crippen molar-refractivity contribution in [2.45, 2.75) is 33.2 Å². The second kappa shape index (κ2) is 8.00. The number of hydrogen-bond acceptors (Lipinski definition) is 4. The molecule has 0 heterocycles. The van der Waals surface area contributed by atoms with Crippen LogP contribution in [0.25, 0.3) is 0 Å². The molecule has 5 nitrogen and oxygen atoms in total. The summed E-state index contributed by atoms with van der Waals surface area (Å²) in [7, 11) is -3.31. The minimum Gasteiger partial charge on any atom is -0.396 e. The van der Waals surface area contributed by atoms with Crippen molar-refractivity contribution in [2.75, 3.05) is 25.6 Å². The summed E-state index contributed by atoms with van der Waals surface area (Å²) >= 11 is 0. The minimum atomic E-state index is -3.31. The number of aliphatic hydroxyl groups excluding tert-OH is 1. The van der Waals surface area contributed by atoms with E-state index in [2.05, 4.69) is 4.72 Å². The van der Waals surface area contributed by atoms with Gasteiger partial charge in [0.2, 0.25) is 10.0 Å². The van der Waals surface area contributed by atoms with Crippen molar-refractivity contribution in [1.82, 2.24) is 4.72 Å². The van der Waals surface area contributed by atoms with Gasteiger partial charge in [0.15, 0.2) is 0 Å². The van der Waals surface area contributed by atoms with Crippen LogP contribution in [0.1, 0.15) is 27.2 Å². The molecule has 6 heteroatoms. The molecule has 0 aromatic heterocycles. The van der Waals surface area contributed by atoms with Gasteiger partial charge in [0, 0.05) is 19.3 Å². The Balaban J connectivity index is 4.19. The van der Waals surface area contributed by atoms with Crippen molar-refractivity contribution >= 4 is 10.0 Å². The lowest BCUT2D eigenvalue weighted by molar-refractivity contribution is 0.163. The third kappa shape index (κ3) is 7.16. The number of hydrogen-bond donors (Lipinski definition) is 2. The minimum absolute atomic E-state index is 0.0170. The van der Waals surface area contributed by atoms with Gasteiger partial charge in [-0.2, -0.15) is 0 Å². The average Bonchev–Trinajstić information content (AvgIpc) is 2.17. The Hall–Kier alpha value is -0.170. The molecule has 0 saturated heterocycles. The maximum absolute atomic E-state index is 11.6. The smallest absolute Gasteiger partial charge is 0.214 e. The lowest BCUT2D eigenvalue weighted by Crippen LogP contribution is -2.41. The molecule has 0 saturated carbocycles. The van der Waals surface area contributed by atoms with Crippen molar-refractivity contribution in [1.29, 1.82) is 0 Å². The Bertz CT molecular complexity index is 264. The molecule has 0 amide bonds. The summed E-state index contributed by atoms with van der Waals surface area (Å²) in [6, 6.07) is -0.211. The first-order valence-electron chi connectivity index (χ1n) is 5.61. The lowest BCUT2D eigenvalue weighted by atomic mass is 10.0. The number of sulfonamides is 1.